The number of esters is 1. The highest BCUT2D eigenvalue weighted by atomic mass is 16.5. The zero-order valence-electron chi connectivity index (χ0n) is 18.1. The minimum atomic E-state index is -0.203. The van der Waals surface area contributed by atoms with Crippen molar-refractivity contribution in [2.24, 2.45) is 17.3 Å². The molecule has 0 saturated carbocycles. The molecule has 0 radical (unpaired) electrons. The lowest BCUT2D eigenvalue weighted by Crippen LogP contribution is -2.30. The highest BCUT2D eigenvalue weighted by molar-refractivity contribution is 5.65. The standard InChI is InChI=1S/C25H36O4/c1-19(26)28-18-25(2,3)15-9-5-8-12-21-22(24-14-13-23(21)29-24)17-27-16-20-10-6-4-7-11-20/h4-8,10-11,21-24H,9,12-18H2,1-3H3/t21-,22+,23-,24+/m1/s1. The molecule has 4 heteroatoms. The summed E-state index contributed by atoms with van der Waals surface area (Å²) in [4.78, 5) is 11.0. The van der Waals surface area contributed by atoms with Crippen molar-refractivity contribution >= 4 is 5.97 Å². The van der Waals surface area contributed by atoms with Crippen LogP contribution in [0.15, 0.2) is 42.5 Å². The van der Waals surface area contributed by atoms with Crippen molar-refractivity contribution in [3.8, 4) is 0 Å². The fraction of sp³-hybridized carbons (Fsp3) is 0.640. The maximum Gasteiger partial charge on any atom is 0.302 e. The van der Waals surface area contributed by atoms with E-state index in [0.717, 1.165) is 25.9 Å². The molecule has 2 aliphatic rings. The van der Waals surface area contributed by atoms with E-state index in [2.05, 4.69) is 50.3 Å². The van der Waals surface area contributed by atoms with E-state index in [1.165, 1.54) is 25.3 Å². The Labute approximate surface area is 175 Å². The number of fused-ring (bicyclic) bond motifs is 2. The number of carbonyl (C=O) groups is 1. The van der Waals surface area contributed by atoms with Crippen LogP contribution < -0.4 is 0 Å². The molecule has 29 heavy (non-hydrogen) atoms. The number of hydrogen-bond acceptors (Lipinski definition) is 4. The first kappa shape index (κ1) is 22.0. The Morgan fingerprint density at radius 1 is 1.14 bits per heavy atom. The maximum absolute atomic E-state index is 11.0. The fourth-order valence-corrected chi connectivity index (χ4v) is 4.53. The number of ether oxygens (including phenoxy) is 3. The second-order valence-electron chi connectivity index (χ2n) is 9.31. The molecule has 2 heterocycles. The number of hydrogen-bond donors (Lipinski definition) is 0. The molecule has 1 aromatic rings. The summed E-state index contributed by atoms with van der Waals surface area (Å²) in [6.45, 7) is 7.70. The second kappa shape index (κ2) is 10.4. The fourth-order valence-electron chi connectivity index (χ4n) is 4.53. The Kier molecular flexibility index (Phi) is 7.91. The van der Waals surface area contributed by atoms with Gasteiger partial charge in [-0.15, -0.1) is 0 Å². The van der Waals surface area contributed by atoms with E-state index in [-0.39, 0.29) is 11.4 Å². The van der Waals surface area contributed by atoms with Crippen LogP contribution in [0.25, 0.3) is 0 Å². The van der Waals surface area contributed by atoms with Gasteiger partial charge in [-0.25, -0.2) is 0 Å². The van der Waals surface area contributed by atoms with E-state index in [9.17, 15) is 4.79 Å². The van der Waals surface area contributed by atoms with Crippen molar-refractivity contribution in [3.05, 3.63) is 48.0 Å². The van der Waals surface area contributed by atoms with Crippen molar-refractivity contribution < 1.29 is 19.0 Å². The van der Waals surface area contributed by atoms with Crippen LogP contribution in [0, 0.1) is 17.3 Å². The summed E-state index contributed by atoms with van der Waals surface area (Å²) >= 11 is 0. The molecule has 2 aliphatic heterocycles. The number of allylic oxidation sites excluding steroid dienone is 2. The van der Waals surface area contributed by atoms with Gasteiger partial charge >= 0.3 is 5.97 Å². The predicted molar refractivity (Wildman–Crippen MR) is 114 cm³/mol. The van der Waals surface area contributed by atoms with E-state index < -0.39 is 0 Å². The van der Waals surface area contributed by atoms with Crippen LogP contribution in [-0.2, 0) is 25.6 Å². The van der Waals surface area contributed by atoms with Crippen molar-refractivity contribution in [3.63, 3.8) is 0 Å². The van der Waals surface area contributed by atoms with Crippen LogP contribution in [0.4, 0.5) is 0 Å². The Morgan fingerprint density at radius 3 is 2.59 bits per heavy atom. The van der Waals surface area contributed by atoms with E-state index in [0.29, 0.717) is 37.3 Å². The van der Waals surface area contributed by atoms with Gasteiger partial charge < -0.3 is 14.2 Å². The first-order valence-corrected chi connectivity index (χ1v) is 11.0. The average Bonchev–Trinajstić information content (AvgIpc) is 3.29. The summed E-state index contributed by atoms with van der Waals surface area (Å²) in [5, 5.41) is 0. The molecule has 4 atom stereocenters. The zero-order valence-corrected chi connectivity index (χ0v) is 18.1. The van der Waals surface area contributed by atoms with E-state index in [4.69, 9.17) is 14.2 Å². The van der Waals surface area contributed by atoms with Crippen LogP contribution in [0.2, 0.25) is 0 Å². The normalized spacial score (nSPS) is 26.3. The summed E-state index contributed by atoms with van der Waals surface area (Å²) in [5.74, 6) is 0.864. The van der Waals surface area contributed by atoms with Gasteiger partial charge in [0.15, 0.2) is 0 Å². The number of rotatable bonds is 11. The molecule has 0 aliphatic carbocycles. The third-order valence-electron chi connectivity index (χ3n) is 6.24. The van der Waals surface area contributed by atoms with Crippen LogP contribution in [0.3, 0.4) is 0 Å². The van der Waals surface area contributed by atoms with Crippen molar-refractivity contribution in [1.29, 1.82) is 0 Å². The second-order valence-corrected chi connectivity index (χ2v) is 9.31. The topological polar surface area (TPSA) is 44.8 Å². The number of carbonyl (C=O) groups excluding carboxylic acids is 1. The van der Waals surface area contributed by atoms with Gasteiger partial charge in [-0.1, -0.05) is 56.3 Å². The molecule has 0 amide bonds. The summed E-state index contributed by atoms with van der Waals surface area (Å²) in [6, 6.07) is 10.4. The predicted octanol–water partition coefficient (Wildman–Crippen LogP) is 5.31. The molecule has 1 aromatic carbocycles. The molecule has 4 nitrogen and oxygen atoms in total. The van der Waals surface area contributed by atoms with Gasteiger partial charge in [0.2, 0.25) is 0 Å². The summed E-state index contributed by atoms with van der Waals surface area (Å²) in [7, 11) is 0. The Balaban J connectivity index is 1.41. The van der Waals surface area contributed by atoms with Gasteiger partial charge in [0.25, 0.3) is 0 Å². The van der Waals surface area contributed by atoms with Gasteiger partial charge in [-0.3, -0.25) is 4.79 Å². The van der Waals surface area contributed by atoms with E-state index in [1.807, 2.05) is 6.07 Å². The minimum absolute atomic E-state index is 0.0133. The van der Waals surface area contributed by atoms with E-state index in [1.54, 1.807) is 0 Å². The lowest BCUT2D eigenvalue weighted by Gasteiger charge is -2.27. The van der Waals surface area contributed by atoms with E-state index >= 15 is 0 Å². The third-order valence-corrected chi connectivity index (χ3v) is 6.24. The smallest absolute Gasteiger partial charge is 0.302 e. The SMILES string of the molecule is CC(=O)OCC(C)(C)CCC=CC[C@@H]1[C@H](COCc2ccccc2)[C@@H]2CC[C@H]1O2. The molecule has 0 N–H and O–H groups in total. The summed E-state index contributed by atoms with van der Waals surface area (Å²) in [6.07, 6.45) is 10.8. The lowest BCUT2D eigenvalue weighted by molar-refractivity contribution is -0.144. The molecule has 2 bridgehead atoms. The van der Waals surface area contributed by atoms with Gasteiger partial charge in [0.05, 0.1) is 32.0 Å². The Morgan fingerprint density at radius 2 is 1.86 bits per heavy atom. The van der Waals surface area contributed by atoms with Gasteiger partial charge in [0, 0.05) is 12.8 Å². The number of benzene rings is 1. The monoisotopic (exact) mass is 400 g/mol. The third kappa shape index (κ3) is 6.68. The van der Waals surface area contributed by atoms with Crippen LogP contribution in [0.1, 0.15) is 58.4 Å². The summed E-state index contributed by atoms with van der Waals surface area (Å²) in [5.41, 5.74) is 1.24. The molecule has 2 saturated heterocycles. The lowest BCUT2D eigenvalue weighted by atomic mass is 9.78. The molecular formula is C25H36O4. The Bertz CT molecular complexity index is 667. The van der Waals surface area contributed by atoms with Crippen LogP contribution in [-0.4, -0.2) is 31.4 Å². The van der Waals surface area contributed by atoms with Crippen molar-refractivity contribution in [1.82, 2.24) is 0 Å². The van der Waals surface area contributed by atoms with Crippen molar-refractivity contribution in [2.75, 3.05) is 13.2 Å². The van der Waals surface area contributed by atoms with Gasteiger partial charge in [-0.05, 0) is 49.0 Å². The molecule has 0 aromatic heterocycles. The highest BCUT2D eigenvalue weighted by Crippen LogP contribution is 2.45. The van der Waals surface area contributed by atoms with Gasteiger partial charge in [-0.2, -0.15) is 0 Å². The zero-order chi connectivity index (χ0) is 20.7. The largest absolute Gasteiger partial charge is 0.465 e. The van der Waals surface area contributed by atoms with Gasteiger partial charge in [0.1, 0.15) is 0 Å². The maximum atomic E-state index is 11.0. The highest BCUT2D eigenvalue weighted by Gasteiger charge is 2.48. The first-order valence-electron chi connectivity index (χ1n) is 11.0. The molecule has 3 rings (SSSR count). The molecule has 0 spiro atoms. The minimum Gasteiger partial charge on any atom is -0.465 e. The molecule has 0 unspecified atom stereocenters. The Hall–Kier alpha value is -1.65. The van der Waals surface area contributed by atoms with Crippen molar-refractivity contribution in [2.45, 2.75) is 71.7 Å². The molecular weight excluding hydrogens is 364 g/mol. The molecule has 2 fully saturated rings. The quantitative estimate of drug-likeness (QED) is 0.373. The first-order chi connectivity index (χ1) is 13.9. The van der Waals surface area contributed by atoms with Crippen LogP contribution in [0.5, 0.6) is 0 Å². The van der Waals surface area contributed by atoms with Crippen LogP contribution >= 0.6 is 0 Å². The average molecular weight is 401 g/mol. The molecule has 160 valence electrons. The summed E-state index contributed by atoms with van der Waals surface area (Å²) < 4.78 is 17.4.